The van der Waals surface area contributed by atoms with Gasteiger partial charge in [0, 0.05) is 22.1 Å². The number of thioether (sulfide) groups is 2. The van der Waals surface area contributed by atoms with Gasteiger partial charge in [0.05, 0.1) is 4.58 Å². The molecule has 3 atom stereocenters. The van der Waals surface area contributed by atoms with Crippen LogP contribution in [0.5, 0.6) is 0 Å². The summed E-state index contributed by atoms with van der Waals surface area (Å²) < 4.78 is 0.285. The number of hydrogen-bond donors (Lipinski definition) is 0. The normalized spacial score (nSPS) is 27.5. The molecule has 4 rings (SSSR count). The largest absolute Gasteiger partial charge is 0.299 e. The minimum absolute atomic E-state index is 0.0813. The lowest BCUT2D eigenvalue weighted by atomic mass is 9.54. The molecule has 2 aliphatic rings. The Morgan fingerprint density at radius 1 is 0.963 bits per heavy atom. The maximum atomic E-state index is 13.1. The molecule has 3 heteroatoms. The molecule has 1 unspecified atom stereocenters. The SMILES string of the molecule is CC(C)(C(Sc1ccccc1)Sc1ccccc1)[C@H]1C(=O)CC2CC[C@@]21C. The second kappa shape index (κ2) is 7.33. The number of carbonyl (C=O) groups is 1. The zero-order valence-electron chi connectivity index (χ0n) is 16.4. The van der Waals surface area contributed by atoms with E-state index in [1.165, 1.54) is 22.6 Å². The number of fused-ring (bicyclic) bond motifs is 1. The highest BCUT2D eigenvalue weighted by Crippen LogP contribution is 2.66. The van der Waals surface area contributed by atoms with Gasteiger partial charge in [0.15, 0.2) is 0 Å². The lowest BCUT2D eigenvalue weighted by molar-refractivity contribution is -0.127. The van der Waals surface area contributed by atoms with Gasteiger partial charge in [-0.05, 0) is 53.9 Å². The van der Waals surface area contributed by atoms with Crippen molar-refractivity contribution in [2.45, 2.75) is 54.4 Å². The Balaban J connectivity index is 1.67. The molecule has 0 saturated heterocycles. The average Bonchev–Trinajstić information content (AvgIpc) is 2.83. The molecule has 2 aromatic carbocycles. The number of ketones is 1. The first-order valence-corrected chi connectivity index (χ1v) is 11.6. The van der Waals surface area contributed by atoms with Crippen molar-refractivity contribution in [2.24, 2.45) is 22.7 Å². The van der Waals surface area contributed by atoms with Crippen LogP contribution in [0.15, 0.2) is 70.5 Å². The molecule has 0 radical (unpaired) electrons. The summed E-state index contributed by atoms with van der Waals surface area (Å²) in [6.07, 6.45) is 3.23. The number of carbonyl (C=O) groups excluding carboxylic acids is 1. The molecule has 0 heterocycles. The quantitative estimate of drug-likeness (QED) is 0.389. The van der Waals surface area contributed by atoms with E-state index < -0.39 is 0 Å². The third-order valence-corrected chi connectivity index (χ3v) is 10.0. The van der Waals surface area contributed by atoms with Gasteiger partial charge in [-0.1, -0.05) is 57.2 Å². The zero-order chi connectivity index (χ0) is 19.1. The van der Waals surface area contributed by atoms with Crippen LogP contribution in [0.1, 0.15) is 40.0 Å². The van der Waals surface area contributed by atoms with E-state index in [9.17, 15) is 4.79 Å². The molecule has 2 aliphatic carbocycles. The van der Waals surface area contributed by atoms with Crippen molar-refractivity contribution in [1.29, 1.82) is 0 Å². The summed E-state index contributed by atoms with van der Waals surface area (Å²) in [7, 11) is 0. The van der Waals surface area contributed by atoms with Crippen LogP contribution in [0.2, 0.25) is 0 Å². The van der Waals surface area contributed by atoms with Crippen LogP contribution < -0.4 is 0 Å². The number of benzene rings is 2. The second-order valence-corrected chi connectivity index (χ2v) is 11.5. The second-order valence-electron chi connectivity index (χ2n) is 8.86. The molecule has 1 nitrogen and oxygen atoms in total. The Labute approximate surface area is 171 Å². The first-order valence-electron chi connectivity index (χ1n) is 9.87. The van der Waals surface area contributed by atoms with Crippen LogP contribution in [-0.4, -0.2) is 10.4 Å². The summed E-state index contributed by atoms with van der Waals surface area (Å²) in [4.78, 5) is 15.6. The van der Waals surface area contributed by atoms with E-state index in [4.69, 9.17) is 0 Å². The first kappa shape index (κ1) is 19.1. The van der Waals surface area contributed by atoms with E-state index in [0.717, 1.165) is 6.42 Å². The highest BCUT2D eigenvalue weighted by atomic mass is 32.2. The lowest BCUT2D eigenvalue weighted by Crippen LogP contribution is -2.48. The molecular formula is C24H28OS2. The van der Waals surface area contributed by atoms with Crippen LogP contribution in [-0.2, 0) is 4.79 Å². The van der Waals surface area contributed by atoms with Gasteiger partial charge in [0.25, 0.3) is 0 Å². The summed E-state index contributed by atoms with van der Waals surface area (Å²) in [5.74, 6) is 1.26. The van der Waals surface area contributed by atoms with Crippen molar-refractivity contribution in [2.75, 3.05) is 0 Å². The van der Waals surface area contributed by atoms with Crippen molar-refractivity contribution < 1.29 is 4.79 Å². The van der Waals surface area contributed by atoms with E-state index in [-0.39, 0.29) is 21.3 Å². The number of hydrogen-bond acceptors (Lipinski definition) is 3. The van der Waals surface area contributed by atoms with E-state index in [1.807, 2.05) is 23.5 Å². The van der Waals surface area contributed by atoms with E-state index in [2.05, 4.69) is 81.4 Å². The van der Waals surface area contributed by atoms with Gasteiger partial charge in [-0.3, -0.25) is 4.79 Å². The van der Waals surface area contributed by atoms with Crippen molar-refractivity contribution in [3.8, 4) is 0 Å². The van der Waals surface area contributed by atoms with Crippen LogP contribution in [0, 0.1) is 22.7 Å². The van der Waals surface area contributed by atoms with Crippen molar-refractivity contribution >= 4 is 29.3 Å². The van der Waals surface area contributed by atoms with E-state index in [1.54, 1.807) is 0 Å². The highest BCUT2D eigenvalue weighted by molar-refractivity contribution is 8.17. The minimum Gasteiger partial charge on any atom is -0.299 e. The van der Waals surface area contributed by atoms with Gasteiger partial charge in [-0.2, -0.15) is 0 Å². The van der Waals surface area contributed by atoms with Gasteiger partial charge in [-0.15, -0.1) is 23.5 Å². The Hall–Kier alpha value is -1.19. The summed E-state index contributed by atoms with van der Waals surface area (Å²) >= 11 is 3.83. The molecule has 2 aromatic rings. The van der Waals surface area contributed by atoms with Crippen molar-refractivity contribution in [3.05, 3.63) is 60.7 Å². The molecule has 2 fully saturated rings. The maximum Gasteiger partial charge on any atom is 0.137 e. The Morgan fingerprint density at radius 3 is 1.89 bits per heavy atom. The molecule has 0 bridgehead atoms. The van der Waals surface area contributed by atoms with Gasteiger partial charge < -0.3 is 0 Å². The van der Waals surface area contributed by atoms with Crippen LogP contribution in [0.3, 0.4) is 0 Å². The summed E-state index contributed by atoms with van der Waals surface area (Å²) in [5.41, 5.74) is 0.120. The van der Waals surface area contributed by atoms with Crippen LogP contribution in [0.4, 0.5) is 0 Å². The number of Topliss-reactive ketones (excluding diaryl/α,β-unsaturated/α-hetero) is 1. The van der Waals surface area contributed by atoms with Gasteiger partial charge in [-0.25, -0.2) is 0 Å². The molecule has 142 valence electrons. The highest BCUT2D eigenvalue weighted by Gasteiger charge is 2.62. The smallest absolute Gasteiger partial charge is 0.137 e. The average molecular weight is 397 g/mol. The fourth-order valence-electron chi connectivity index (χ4n) is 5.22. The molecule has 0 aliphatic heterocycles. The minimum atomic E-state index is -0.0813. The molecule has 0 N–H and O–H groups in total. The van der Waals surface area contributed by atoms with Gasteiger partial charge in [0.1, 0.15) is 5.78 Å². The van der Waals surface area contributed by atoms with Gasteiger partial charge >= 0.3 is 0 Å². The standard InChI is InChI=1S/C24H28OS2/c1-23(2,21-20(25)16-17-14-15-24(17,21)3)22(26-18-10-6-4-7-11-18)27-19-12-8-5-9-13-19/h4-13,17,21-22H,14-16H2,1-3H3/t17?,21-,24+/m1/s1. The molecule has 0 spiro atoms. The van der Waals surface area contributed by atoms with Crippen LogP contribution in [0.25, 0.3) is 0 Å². The maximum absolute atomic E-state index is 13.1. The topological polar surface area (TPSA) is 17.1 Å². The lowest BCUT2D eigenvalue weighted by Gasteiger charge is -2.52. The summed E-state index contributed by atoms with van der Waals surface area (Å²) in [5, 5.41) is 0. The van der Waals surface area contributed by atoms with Crippen LogP contribution >= 0.6 is 23.5 Å². The fraction of sp³-hybridized carbons (Fsp3) is 0.458. The van der Waals surface area contributed by atoms with Crippen molar-refractivity contribution in [1.82, 2.24) is 0 Å². The number of rotatable bonds is 6. The van der Waals surface area contributed by atoms with E-state index in [0.29, 0.717) is 11.7 Å². The third kappa shape index (κ3) is 3.49. The zero-order valence-corrected chi connectivity index (χ0v) is 18.0. The first-order chi connectivity index (χ1) is 12.9. The molecule has 27 heavy (non-hydrogen) atoms. The predicted molar refractivity (Wildman–Crippen MR) is 116 cm³/mol. The predicted octanol–water partition coefficient (Wildman–Crippen LogP) is 6.93. The third-order valence-electron chi connectivity index (χ3n) is 6.72. The Kier molecular flexibility index (Phi) is 5.20. The summed E-state index contributed by atoms with van der Waals surface area (Å²) in [6.45, 7) is 7.03. The molecule has 0 amide bonds. The Morgan fingerprint density at radius 2 is 1.48 bits per heavy atom. The monoisotopic (exact) mass is 396 g/mol. The van der Waals surface area contributed by atoms with E-state index >= 15 is 0 Å². The Bertz CT molecular complexity index is 760. The molecular weight excluding hydrogens is 368 g/mol. The summed E-state index contributed by atoms with van der Waals surface area (Å²) in [6, 6.07) is 21.3. The molecule has 2 saturated carbocycles. The fourth-order valence-corrected chi connectivity index (χ4v) is 8.08. The van der Waals surface area contributed by atoms with Crippen molar-refractivity contribution in [3.63, 3.8) is 0 Å². The van der Waals surface area contributed by atoms with Gasteiger partial charge in [0.2, 0.25) is 0 Å². The molecule has 0 aromatic heterocycles.